The van der Waals surface area contributed by atoms with Gasteiger partial charge in [0.05, 0.1) is 0 Å². The van der Waals surface area contributed by atoms with Gasteiger partial charge in [0.25, 0.3) is 0 Å². The summed E-state index contributed by atoms with van der Waals surface area (Å²) in [4.78, 5) is 0. The van der Waals surface area contributed by atoms with Crippen LogP contribution in [0.4, 0.5) is 0 Å². The molecule has 3 aliphatic carbocycles. The summed E-state index contributed by atoms with van der Waals surface area (Å²) >= 11 is 3.72. The molecule has 0 N–H and O–H groups in total. The van der Waals surface area contributed by atoms with E-state index in [-0.39, 0.29) is 0 Å². The van der Waals surface area contributed by atoms with Gasteiger partial charge in [0, 0.05) is 5.33 Å². The zero-order chi connectivity index (χ0) is 9.27. The van der Waals surface area contributed by atoms with Gasteiger partial charge in [-0.2, -0.15) is 0 Å². The summed E-state index contributed by atoms with van der Waals surface area (Å²) < 4.78 is 0. The molecule has 0 saturated heterocycles. The van der Waals surface area contributed by atoms with E-state index in [4.69, 9.17) is 0 Å². The summed E-state index contributed by atoms with van der Waals surface area (Å²) in [5.74, 6) is 3.20. The molecule has 0 aliphatic heterocycles. The van der Waals surface area contributed by atoms with Gasteiger partial charge in [0.1, 0.15) is 0 Å². The molecule has 3 fully saturated rings. The van der Waals surface area contributed by atoms with Crippen LogP contribution in [0.25, 0.3) is 0 Å². The summed E-state index contributed by atoms with van der Waals surface area (Å²) in [6.07, 6.45) is 6.12. The largest absolute Gasteiger partial charge is 0.0925 e. The smallest absolute Gasteiger partial charge is 0.00707 e. The third kappa shape index (κ3) is 0.879. The van der Waals surface area contributed by atoms with Crippen molar-refractivity contribution in [1.82, 2.24) is 0 Å². The highest BCUT2D eigenvalue weighted by Crippen LogP contribution is 2.83. The summed E-state index contributed by atoms with van der Waals surface area (Å²) in [7, 11) is 0. The first kappa shape index (κ1) is 8.76. The van der Waals surface area contributed by atoms with Gasteiger partial charge in [-0.25, -0.2) is 0 Å². The fourth-order valence-electron chi connectivity index (χ4n) is 4.34. The SMILES string of the molecule is CC1(C)C(CBr)C1(C1CC1)C1CC1. The monoisotopic (exact) mass is 242 g/mol. The molecule has 0 amide bonds. The molecule has 0 aromatic heterocycles. The van der Waals surface area contributed by atoms with Crippen molar-refractivity contribution < 1.29 is 0 Å². The molecule has 74 valence electrons. The molecule has 1 atom stereocenters. The van der Waals surface area contributed by atoms with Crippen LogP contribution in [0.5, 0.6) is 0 Å². The second-order valence-corrected chi connectivity index (χ2v) is 6.56. The maximum Gasteiger partial charge on any atom is 0.00707 e. The molecule has 0 aromatic rings. The van der Waals surface area contributed by atoms with Crippen LogP contribution in [-0.2, 0) is 0 Å². The van der Waals surface area contributed by atoms with E-state index in [2.05, 4.69) is 29.8 Å². The average molecular weight is 243 g/mol. The predicted molar refractivity (Wildman–Crippen MR) is 58.9 cm³/mol. The number of hydrogen-bond donors (Lipinski definition) is 0. The van der Waals surface area contributed by atoms with Crippen LogP contribution in [0, 0.1) is 28.6 Å². The number of halogens is 1. The van der Waals surface area contributed by atoms with Gasteiger partial charge >= 0.3 is 0 Å². The lowest BCUT2D eigenvalue weighted by Crippen LogP contribution is -2.15. The number of rotatable bonds is 3. The van der Waals surface area contributed by atoms with E-state index in [1.165, 1.54) is 31.0 Å². The fourth-order valence-corrected chi connectivity index (χ4v) is 5.68. The van der Waals surface area contributed by atoms with Crippen molar-refractivity contribution >= 4 is 15.9 Å². The normalized spacial score (nSPS) is 40.4. The van der Waals surface area contributed by atoms with Crippen molar-refractivity contribution in [2.24, 2.45) is 28.6 Å². The van der Waals surface area contributed by atoms with E-state index >= 15 is 0 Å². The second kappa shape index (κ2) is 2.35. The standard InChI is InChI=1S/C12H19Br/c1-11(2)10(7-13)12(11,8-3-4-8)9-5-6-9/h8-10H,3-7H2,1-2H3. The van der Waals surface area contributed by atoms with Crippen LogP contribution in [0.1, 0.15) is 39.5 Å². The molecule has 0 heterocycles. The Bertz CT molecular complexity index is 224. The predicted octanol–water partition coefficient (Wildman–Crippen LogP) is 3.84. The quantitative estimate of drug-likeness (QED) is 0.660. The Kier molecular flexibility index (Phi) is 1.58. The van der Waals surface area contributed by atoms with Gasteiger partial charge in [0.2, 0.25) is 0 Å². The van der Waals surface area contributed by atoms with Crippen LogP contribution >= 0.6 is 15.9 Å². The highest BCUT2D eigenvalue weighted by atomic mass is 79.9. The first-order valence-corrected chi connectivity index (χ1v) is 6.83. The van der Waals surface area contributed by atoms with Crippen molar-refractivity contribution in [3.05, 3.63) is 0 Å². The lowest BCUT2D eigenvalue weighted by atomic mass is 9.85. The maximum atomic E-state index is 3.72. The van der Waals surface area contributed by atoms with Crippen molar-refractivity contribution in [1.29, 1.82) is 0 Å². The van der Waals surface area contributed by atoms with Gasteiger partial charge in [-0.05, 0) is 54.3 Å². The zero-order valence-electron chi connectivity index (χ0n) is 8.65. The molecule has 0 spiro atoms. The molecule has 0 radical (unpaired) electrons. The van der Waals surface area contributed by atoms with E-state index < -0.39 is 0 Å². The van der Waals surface area contributed by atoms with Crippen molar-refractivity contribution in [2.45, 2.75) is 39.5 Å². The highest BCUT2D eigenvalue weighted by molar-refractivity contribution is 9.09. The minimum atomic E-state index is 0.652. The van der Waals surface area contributed by atoms with Crippen LogP contribution in [0.2, 0.25) is 0 Å². The minimum Gasteiger partial charge on any atom is -0.0925 e. The molecule has 1 heteroatoms. The Balaban J connectivity index is 1.92. The Hall–Kier alpha value is 0.480. The lowest BCUT2D eigenvalue weighted by molar-refractivity contribution is 0.284. The number of hydrogen-bond acceptors (Lipinski definition) is 0. The van der Waals surface area contributed by atoms with E-state index in [9.17, 15) is 0 Å². The third-order valence-electron chi connectivity index (χ3n) is 5.14. The Morgan fingerprint density at radius 1 is 1.08 bits per heavy atom. The van der Waals surface area contributed by atoms with Crippen molar-refractivity contribution in [3.63, 3.8) is 0 Å². The minimum absolute atomic E-state index is 0.652. The number of alkyl halides is 1. The van der Waals surface area contributed by atoms with Gasteiger partial charge in [-0.1, -0.05) is 29.8 Å². The molecule has 13 heavy (non-hydrogen) atoms. The molecule has 0 bridgehead atoms. The van der Waals surface area contributed by atoms with Gasteiger partial charge < -0.3 is 0 Å². The average Bonchev–Trinajstić information content (AvgIpc) is 2.90. The molecule has 0 aromatic carbocycles. The van der Waals surface area contributed by atoms with Gasteiger partial charge in [-0.15, -0.1) is 0 Å². The Labute approximate surface area is 89.6 Å². The van der Waals surface area contributed by atoms with Crippen LogP contribution in [0.15, 0.2) is 0 Å². The van der Waals surface area contributed by atoms with Gasteiger partial charge in [0.15, 0.2) is 0 Å². The third-order valence-corrected chi connectivity index (χ3v) is 5.79. The summed E-state index contributed by atoms with van der Waals surface area (Å²) in [5.41, 5.74) is 1.44. The summed E-state index contributed by atoms with van der Waals surface area (Å²) in [6.45, 7) is 5.02. The highest BCUT2D eigenvalue weighted by Gasteiger charge is 2.78. The molecular formula is C12H19Br. The zero-order valence-corrected chi connectivity index (χ0v) is 10.2. The topological polar surface area (TPSA) is 0 Å². The van der Waals surface area contributed by atoms with Crippen molar-refractivity contribution in [2.75, 3.05) is 5.33 Å². The maximum absolute atomic E-state index is 3.72. The molecule has 3 rings (SSSR count). The van der Waals surface area contributed by atoms with Gasteiger partial charge in [-0.3, -0.25) is 0 Å². The van der Waals surface area contributed by atoms with Crippen LogP contribution < -0.4 is 0 Å². The van der Waals surface area contributed by atoms with E-state index in [1.54, 1.807) is 0 Å². The Morgan fingerprint density at radius 2 is 1.54 bits per heavy atom. The van der Waals surface area contributed by atoms with E-state index in [1.807, 2.05) is 0 Å². The molecular weight excluding hydrogens is 224 g/mol. The Morgan fingerprint density at radius 3 is 1.77 bits per heavy atom. The van der Waals surface area contributed by atoms with E-state index in [0.717, 1.165) is 23.2 Å². The van der Waals surface area contributed by atoms with Crippen molar-refractivity contribution in [3.8, 4) is 0 Å². The van der Waals surface area contributed by atoms with E-state index in [0.29, 0.717) is 5.41 Å². The lowest BCUT2D eigenvalue weighted by Gasteiger charge is -2.19. The summed E-state index contributed by atoms with van der Waals surface area (Å²) in [6, 6.07) is 0. The first-order chi connectivity index (χ1) is 6.15. The molecule has 1 unspecified atom stereocenters. The molecule has 0 nitrogen and oxygen atoms in total. The second-order valence-electron chi connectivity index (χ2n) is 5.91. The molecule has 3 saturated carbocycles. The first-order valence-electron chi connectivity index (χ1n) is 5.71. The fraction of sp³-hybridized carbons (Fsp3) is 1.00. The van der Waals surface area contributed by atoms with Crippen LogP contribution in [0.3, 0.4) is 0 Å². The summed E-state index contributed by atoms with van der Waals surface area (Å²) in [5, 5.41) is 1.24. The van der Waals surface area contributed by atoms with Crippen LogP contribution in [-0.4, -0.2) is 5.33 Å². The molecule has 3 aliphatic rings.